The van der Waals surface area contributed by atoms with Crippen molar-refractivity contribution < 1.29 is 9.50 Å². The molecule has 1 aromatic rings. The molecule has 0 fully saturated rings. The van der Waals surface area contributed by atoms with Crippen LogP contribution < -0.4 is 0 Å². The van der Waals surface area contributed by atoms with Crippen LogP contribution in [0.2, 0.25) is 5.02 Å². The molecule has 0 bridgehead atoms. The monoisotopic (exact) mass is 216 g/mol. The molecular weight excluding hydrogens is 203 g/mol. The van der Waals surface area contributed by atoms with E-state index in [1.54, 1.807) is 0 Å². The predicted molar refractivity (Wildman–Crippen MR) is 55.8 cm³/mol. The van der Waals surface area contributed by atoms with Crippen molar-refractivity contribution in [3.8, 4) is 0 Å². The Morgan fingerprint density at radius 2 is 2.14 bits per heavy atom. The number of halogens is 2. The molecule has 0 aliphatic carbocycles. The average Bonchev–Trinajstić information content (AvgIpc) is 2.15. The van der Waals surface area contributed by atoms with Crippen LogP contribution >= 0.6 is 11.6 Å². The average molecular weight is 217 g/mol. The van der Waals surface area contributed by atoms with Gasteiger partial charge in [0.1, 0.15) is 5.82 Å². The maximum absolute atomic E-state index is 12.7. The van der Waals surface area contributed by atoms with Crippen molar-refractivity contribution in [3.63, 3.8) is 0 Å². The zero-order valence-corrected chi connectivity index (χ0v) is 9.05. The number of aliphatic hydroxyl groups is 1. The Labute approximate surface area is 88.5 Å². The van der Waals surface area contributed by atoms with Gasteiger partial charge in [-0.3, -0.25) is 0 Å². The SMILES string of the molecule is CCC(C)C(O)c1ccc(F)cc1Cl. The summed E-state index contributed by atoms with van der Waals surface area (Å²) in [6, 6.07) is 4.07. The summed E-state index contributed by atoms with van der Waals surface area (Å²) in [7, 11) is 0. The Kier molecular flexibility index (Phi) is 3.90. The maximum Gasteiger partial charge on any atom is 0.124 e. The summed E-state index contributed by atoms with van der Waals surface area (Å²) in [6.07, 6.45) is 0.239. The van der Waals surface area contributed by atoms with Crippen molar-refractivity contribution in [3.05, 3.63) is 34.6 Å². The van der Waals surface area contributed by atoms with E-state index in [0.29, 0.717) is 5.56 Å². The van der Waals surface area contributed by atoms with Gasteiger partial charge >= 0.3 is 0 Å². The van der Waals surface area contributed by atoms with Crippen molar-refractivity contribution >= 4 is 11.6 Å². The quantitative estimate of drug-likeness (QED) is 0.819. The molecule has 3 heteroatoms. The molecule has 0 aromatic heterocycles. The largest absolute Gasteiger partial charge is 0.388 e. The summed E-state index contributed by atoms with van der Waals surface area (Å²) < 4.78 is 12.7. The molecule has 0 spiro atoms. The van der Waals surface area contributed by atoms with Crippen LogP contribution in [0.4, 0.5) is 4.39 Å². The fourth-order valence-corrected chi connectivity index (χ4v) is 1.55. The van der Waals surface area contributed by atoms with E-state index >= 15 is 0 Å². The first kappa shape index (κ1) is 11.5. The zero-order valence-electron chi connectivity index (χ0n) is 8.30. The lowest BCUT2D eigenvalue weighted by molar-refractivity contribution is 0.115. The number of aliphatic hydroxyl groups excluding tert-OH is 1. The molecule has 2 atom stereocenters. The third kappa shape index (κ3) is 2.46. The molecule has 1 N–H and O–H groups in total. The van der Waals surface area contributed by atoms with Gasteiger partial charge in [0.2, 0.25) is 0 Å². The van der Waals surface area contributed by atoms with Crippen LogP contribution in [0.15, 0.2) is 18.2 Å². The Balaban J connectivity index is 2.95. The molecule has 14 heavy (non-hydrogen) atoms. The van der Waals surface area contributed by atoms with E-state index in [-0.39, 0.29) is 16.8 Å². The molecule has 0 amide bonds. The summed E-state index contributed by atoms with van der Waals surface area (Å²) in [4.78, 5) is 0. The molecular formula is C11H14ClFO. The molecule has 0 radical (unpaired) electrons. The molecule has 0 heterocycles. The Bertz CT molecular complexity index is 314. The lowest BCUT2D eigenvalue weighted by Crippen LogP contribution is -2.08. The second-order valence-electron chi connectivity index (χ2n) is 3.50. The summed E-state index contributed by atoms with van der Waals surface area (Å²) in [5.41, 5.74) is 0.599. The highest BCUT2D eigenvalue weighted by Gasteiger charge is 2.17. The molecule has 0 aliphatic rings. The van der Waals surface area contributed by atoms with Crippen LogP contribution in [-0.4, -0.2) is 5.11 Å². The van der Waals surface area contributed by atoms with Gasteiger partial charge in [-0.2, -0.15) is 0 Å². The topological polar surface area (TPSA) is 20.2 Å². The van der Waals surface area contributed by atoms with Crippen molar-refractivity contribution in [2.45, 2.75) is 26.4 Å². The predicted octanol–water partition coefficient (Wildman–Crippen LogP) is 3.56. The van der Waals surface area contributed by atoms with Crippen LogP contribution in [-0.2, 0) is 0 Å². The van der Waals surface area contributed by atoms with Crippen molar-refractivity contribution in [1.82, 2.24) is 0 Å². The Morgan fingerprint density at radius 3 is 2.64 bits per heavy atom. The Morgan fingerprint density at radius 1 is 1.50 bits per heavy atom. The zero-order chi connectivity index (χ0) is 10.7. The van der Waals surface area contributed by atoms with E-state index in [4.69, 9.17) is 11.6 Å². The van der Waals surface area contributed by atoms with E-state index in [2.05, 4.69) is 0 Å². The minimum absolute atomic E-state index is 0.123. The highest BCUT2D eigenvalue weighted by molar-refractivity contribution is 6.31. The normalized spacial score (nSPS) is 15.2. The number of hydrogen-bond donors (Lipinski definition) is 1. The molecule has 1 rings (SSSR count). The lowest BCUT2D eigenvalue weighted by atomic mass is 9.95. The number of rotatable bonds is 3. The first-order valence-corrected chi connectivity index (χ1v) is 5.07. The summed E-state index contributed by atoms with van der Waals surface area (Å²) >= 11 is 5.83. The van der Waals surface area contributed by atoms with Gasteiger partial charge in [0.15, 0.2) is 0 Å². The van der Waals surface area contributed by atoms with E-state index < -0.39 is 6.10 Å². The second kappa shape index (κ2) is 4.76. The van der Waals surface area contributed by atoms with Gasteiger partial charge in [-0.15, -0.1) is 0 Å². The van der Waals surface area contributed by atoms with Crippen LogP contribution in [0, 0.1) is 11.7 Å². The minimum atomic E-state index is -0.618. The first-order chi connectivity index (χ1) is 6.56. The third-order valence-corrected chi connectivity index (χ3v) is 2.79. The van der Waals surface area contributed by atoms with Gasteiger partial charge in [-0.25, -0.2) is 4.39 Å². The van der Waals surface area contributed by atoms with Gasteiger partial charge in [0.05, 0.1) is 6.10 Å². The number of benzene rings is 1. The fraction of sp³-hybridized carbons (Fsp3) is 0.455. The van der Waals surface area contributed by atoms with Crippen molar-refractivity contribution in [2.24, 2.45) is 5.92 Å². The van der Waals surface area contributed by atoms with Crippen LogP contribution in [0.5, 0.6) is 0 Å². The van der Waals surface area contributed by atoms with Crippen molar-refractivity contribution in [2.75, 3.05) is 0 Å². The molecule has 1 aromatic carbocycles. The standard InChI is InChI=1S/C11H14ClFO/c1-3-7(2)11(14)9-5-4-8(13)6-10(9)12/h4-7,11,14H,3H2,1-2H3. The van der Waals surface area contributed by atoms with Gasteiger partial charge in [0, 0.05) is 5.02 Å². The highest BCUT2D eigenvalue weighted by Crippen LogP contribution is 2.30. The lowest BCUT2D eigenvalue weighted by Gasteiger charge is -2.18. The van der Waals surface area contributed by atoms with Gasteiger partial charge in [0.25, 0.3) is 0 Å². The van der Waals surface area contributed by atoms with Gasteiger partial charge in [-0.05, 0) is 23.6 Å². The molecule has 78 valence electrons. The second-order valence-corrected chi connectivity index (χ2v) is 3.90. The molecule has 2 unspecified atom stereocenters. The van der Waals surface area contributed by atoms with Crippen LogP contribution in [0.3, 0.4) is 0 Å². The van der Waals surface area contributed by atoms with E-state index in [1.165, 1.54) is 18.2 Å². The number of hydrogen-bond acceptors (Lipinski definition) is 1. The molecule has 0 saturated carbocycles. The van der Waals surface area contributed by atoms with Gasteiger partial charge in [-0.1, -0.05) is 37.9 Å². The summed E-state index contributed by atoms with van der Waals surface area (Å²) in [5, 5.41) is 10.1. The van der Waals surface area contributed by atoms with E-state index in [9.17, 15) is 9.50 Å². The van der Waals surface area contributed by atoms with Crippen molar-refractivity contribution in [1.29, 1.82) is 0 Å². The molecule has 0 aliphatic heterocycles. The van der Waals surface area contributed by atoms with Crippen LogP contribution in [0.25, 0.3) is 0 Å². The molecule has 1 nitrogen and oxygen atoms in total. The van der Waals surface area contributed by atoms with Crippen LogP contribution in [0.1, 0.15) is 31.9 Å². The van der Waals surface area contributed by atoms with Gasteiger partial charge < -0.3 is 5.11 Å². The highest BCUT2D eigenvalue weighted by atomic mass is 35.5. The third-order valence-electron chi connectivity index (χ3n) is 2.46. The maximum atomic E-state index is 12.7. The van der Waals surface area contributed by atoms with E-state index in [0.717, 1.165) is 6.42 Å². The minimum Gasteiger partial charge on any atom is -0.388 e. The first-order valence-electron chi connectivity index (χ1n) is 4.69. The molecule has 0 saturated heterocycles. The summed E-state index contributed by atoms with van der Waals surface area (Å²) in [6.45, 7) is 3.93. The smallest absolute Gasteiger partial charge is 0.124 e. The Hall–Kier alpha value is -0.600. The van der Waals surface area contributed by atoms with E-state index in [1.807, 2.05) is 13.8 Å². The fourth-order valence-electron chi connectivity index (χ4n) is 1.27. The summed E-state index contributed by atoms with van der Waals surface area (Å²) in [5.74, 6) is -0.256.